The highest BCUT2D eigenvalue weighted by molar-refractivity contribution is 6.76. The van der Waals surface area contributed by atoms with Gasteiger partial charge in [0.1, 0.15) is 19.0 Å². The van der Waals surface area contributed by atoms with E-state index < -0.39 is 8.07 Å². The van der Waals surface area contributed by atoms with Crippen LogP contribution in [0.4, 0.5) is 0 Å². The van der Waals surface area contributed by atoms with Crippen LogP contribution in [0.2, 0.25) is 25.7 Å². The zero-order valence-corrected chi connectivity index (χ0v) is 20.9. The lowest BCUT2D eigenvalue weighted by molar-refractivity contribution is -0.141. The zero-order valence-electron chi connectivity index (χ0n) is 19.9. The normalized spacial score (nSPS) is 11.6. The first-order valence-electron chi connectivity index (χ1n) is 11.1. The van der Waals surface area contributed by atoms with E-state index in [0.717, 1.165) is 34.8 Å². The smallest absolute Gasteiger partial charge is 0.327 e. The number of ether oxygens (including phenoxy) is 3. The maximum atomic E-state index is 11.5. The van der Waals surface area contributed by atoms with E-state index in [-0.39, 0.29) is 12.5 Å². The van der Waals surface area contributed by atoms with Crippen LogP contribution >= 0.6 is 0 Å². The quantitative estimate of drug-likeness (QED) is 0.187. The molecule has 0 atom stereocenters. The van der Waals surface area contributed by atoms with Crippen molar-refractivity contribution >= 4 is 24.9 Å². The third-order valence-electron chi connectivity index (χ3n) is 5.30. The van der Waals surface area contributed by atoms with Crippen molar-refractivity contribution in [2.45, 2.75) is 39.0 Å². The summed E-state index contributed by atoms with van der Waals surface area (Å²) in [5, 5.41) is 9.48. The molecule has 3 heterocycles. The van der Waals surface area contributed by atoms with Gasteiger partial charge in [-0.1, -0.05) is 19.6 Å². The van der Waals surface area contributed by atoms with Crippen molar-refractivity contribution in [3.05, 3.63) is 55.0 Å². The van der Waals surface area contributed by atoms with Gasteiger partial charge in [0, 0.05) is 44.1 Å². The van der Waals surface area contributed by atoms with Gasteiger partial charge in [0.05, 0.1) is 24.5 Å². The number of rotatable bonds is 10. The molecule has 0 bridgehead atoms. The highest BCUT2D eigenvalue weighted by atomic mass is 28.3. The molecule has 0 N–H and O–H groups in total. The predicted octanol–water partition coefficient (Wildman–Crippen LogP) is 4.57. The molecule has 0 saturated heterocycles. The Morgan fingerprint density at radius 2 is 1.88 bits per heavy atom. The SMILES string of the molecule is COC(=O)Cn1ncc2cc(Oc3ccc(-c4ccnn4COCC[Si](C)(C)C)cn3)ccc21. The predicted molar refractivity (Wildman–Crippen MR) is 131 cm³/mol. The van der Waals surface area contributed by atoms with Crippen LogP contribution in [-0.4, -0.2) is 52.3 Å². The second-order valence-corrected chi connectivity index (χ2v) is 14.8. The molecule has 178 valence electrons. The minimum Gasteiger partial charge on any atom is -0.468 e. The zero-order chi connectivity index (χ0) is 24.1. The Hall–Kier alpha value is -3.50. The highest BCUT2D eigenvalue weighted by Crippen LogP contribution is 2.26. The van der Waals surface area contributed by atoms with Crippen molar-refractivity contribution < 1.29 is 19.0 Å². The van der Waals surface area contributed by atoms with Crippen molar-refractivity contribution in [3.8, 4) is 22.9 Å². The number of methoxy groups -OCH3 is 1. The molecule has 34 heavy (non-hydrogen) atoms. The summed E-state index contributed by atoms with van der Waals surface area (Å²) in [5.41, 5.74) is 2.69. The first kappa shape index (κ1) is 23.6. The molecule has 4 rings (SSSR count). The van der Waals surface area contributed by atoms with E-state index >= 15 is 0 Å². The van der Waals surface area contributed by atoms with E-state index in [9.17, 15) is 4.79 Å². The van der Waals surface area contributed by atoms with Crippen LogP contribution in [0.1, 0.15) is 0 Å². The highest BCUT2D eigenvalue weighted by Gasteiger charge is 2.13. The fourth-order valence-electron chi connectivity index (χ4n) is 3.36. The number of carbonyl (C=O) groups excluding carboxylic acids is 1. The topological polar surface area (TPSA) is 93.3 Å². The number of pyridine rings is 1. The Balaban J connectivity index is 1.40. The molecule has 9 nitrogen and oxygen atoms in total. The first-order chi connectivity index (χ1) is 16.3. The van der Waals surface area contributed by atoms with Gasteiger partial charge in [0.25, 0.3) is 0 Å². The summed E-state index contributed by atoms with van der Waals surface area (Å²) in [7, 11) is 0.237. The Morgan fingerprint density at radius 3 is 2.62 bits per heavy atom. The van der Waals surface area contributed by atoms with Crippen molar-refractivity contribution in [1.29, 1.82) is 0 Å². The maximum absolute atomic E-state index is 11.5. The molecule has 0 fully saturated rings. The molecule has 0 aliphatic carbocycles. The van der Waals surface area contributed by atoms with Crippen LogP contribution < -0.4 is 4.74 Å². The standard InChI is InChI=1S/C24H29N5O4Si/c1-31-24(30)16-28-21-7-6-20(13-19(21)15-27-28)33-23-8-5-18(14-25-23)22-9-10-26-29(22)17-32-11-12-34(2,3)4/h5-10,13-15H,11-12,16-17H2,1-4H3. The van der Waals surface area contributed by atoms with E-state index in [4.69, 9.17) is 14.2 Å². The molecule has 0 aliphatic heterocycles. The van der Waals surface area contributed by atoms with Crippen molar-refractivity contribution in [3.63, 3.8) is 0 Å². The molecule has 0 radical (unpaired) electrons. The fourth-order valence-corrected chi connectivity index (χ4v) is 4.12. The van der Waals surface area contributed by atoms with Gasteiger partial charge in [0.2, 0.25) is 5.88 Å². The largest absolute Gasteiger partial charge is 0.468 e. The molecule has 0 unspecified atom stereocenters. The molecule has 0 saturated carbocycles. The summed E-state index contributed by atoms with van der Waals surface area (Å²) in [6.45, 7) is 8.22. The Kier molecular flexibility index (Phi) is 7.08. The summed E-state index contributed by atoms with van der Waals surface area (Å²) in [6.07, 6.45) is 5.21. The summed E-state index contributed by atoms with van der Waals surface area (Å²) >= 11 is 0. The molecule has 3 aromatic heterocycles. The number of hydrogen-bond donors (Lipinski definition) is 0. The van der Waals surface area contributed by atoms with Crippen LogP contribution in [0.3, 0.4) is 0 Å². The van der Waals surface area contributed by atoms with E-state index in [1.54, 1.807) is 23.3 Å². The van der Waals surface area contributed by atoms with Gasteiger partial charge in [-0.15, -0.1) is 0 Å². The monoisotopic (exact) mass is 479 g/mol. The van der Waals surface area contributed by atoms with Crippen molar-refractivity contribution in [2.75, 3.05) is 13.7 Å². The minimum atomic E-state index is -1.12. The van der Waals surface area contributed by atoms with Gasteiger partial charge in [-0.3, -0.25) is 9.48 Å². The number of fused-ring (bicyclic) bond motifs is 1. The lowest BCUT2D eigenvalue weighted by Gasteiger charge is -2.16. The Morgan fingerprint density at radius 1 is 1.03 bits per heavy atom. The van der Waals surface area contributed by atoms with Gasteiger partial charge in [0.15, 0.2) is 0 Å². The van der Waals surface area contributed by atoms with Gasteiger partial charge in [-0.2, -0.15) is 10.2 Å². The van der Waals surface area contributed by atoms with E-state index in [0.29, 0.717) is 18.4 Å². The van der Waals surface area contributed by atoms with Crippen molar-refractivity contribution in [1.82, 2.24) is 24.5 Å². The van der Waals surface area contributed by atoms with Gasteiger partial charge < -0.3 is 14.2 Å². The molecular formula is C24H29N5O4Si. The van der Waals surface area contributed by atoms with Gasteiger partial charge >= 0.3 is 5.97 Å². The fraction of sp³-hybridized carbons (Fsp3) is 0.333. The molecule has 4 aromatic rings. The molecular weight excluding hydrogens is 450 g/mol. The minimum absolute atomic E-state index is 0.0587. The van der Waals surface area contributed by atoms with Crippen LogP contribution in [-0.2, 0) is 27.5 Å². The maximum Gasteiger partial charge on any atom is 0.327 e. The number of hydrogen-bond acceptors (Lipinski definition) is 7. The van der Waals surface area contributed by atoms with Crippen molar-refractivity contribution in [2.24, 2.45) is 0 Å². The second-order valence-electron chi connectivity index (χ2n) is 9.15. The van der Waals surface area contributed by atoms with Crippen LogP contribution in [0.25, 0.3) is 22.2 Å². The van der Waals surface area contributed by atoms with Gasteiger partial charge in [-0.25, -0.2) is 9.67 Å². The average molecular weight is 480 g/mol. The summed E-state index contributed by atoms with van der Waals surface area (Å²) in [4.78, 5) is 16.0. The van der Waals surface area contributed by atoms with Crippen LogP contribution in [0, 0.1) is 0 Å². The first-order valence-corrected chi connectivity index (χ1v) is 14.8. The molecule has 0 spiro atoms. The van der Waals surface area contributed by atoms with Gasteiger partial charge in [-0.05, 0) is 36.4 Å². The van der Waals surface area contributed by atoms with E-state index in [1.165, 1.54) is 7.11 Å². The molecule has 10 heteroatoms. The Bertz CT molecular complexity index is 1260. The summed E-state index contributed by atoms with van der Waals surface area (Å²) < 4.78 is 19.9. The lowest BCUT2D eigenvalue weighted by Crippen LogP contribution is -2.22. The molecule has 0 amide bonds. The number of esters is 1. The number of aromatic nitrogens is 5. The summed E-state index contributed by atoms with van der Waals surface area (Å²) in [6, 6.07) is 12.4. The number of benzene rings is 1. The second kappa shape index (κ2) is 10.2. The molecule has 0 aliphatic rings. The van der Waals surface area contributed by atoms with E-state index in [1.807, 2.05) is 41.1 Å². The molecule has 1 aromatic carbocycles. The van der Waals surface area contributed by atoms with E-state index in [2.05, 4.69) is 34.8 Å². The number of carbonyl (C=O) groups is 1. The third-order valence-corrected chi connectivity index (χ3v) is 7.00. The van der Waals surface area contributed by atoms with Crippen LogP contribution in [0.5, 0.6) is 11.6 Å². The third kappa shape index (κ3) is 5.89. The lowest BCUT2D eigenvalue weighted by atomic mass is 10.2. The van der Waals surface area contributed by atoms with Crippen LogP contribution in [0.15, 0.2) is 55.0 Å². The Labute approximate surface area is 199 Å². The summed E-state index contributed by atoms with van der Waals surface area (Å²) in [5.74, 6) is 0.753. The average Bonchev–Trinajstić information content (AvgIpc) is 3.43. The number of nitrogens with zero attached hydrogens (tertiary/aromatic N) is 5.